The second kappa shape index (κ2) is 5.94. The van der Waals surface area contributed by atoms with Crippen molar-refractivity contribution in [3.8, 4) is 0 Å². The summed E-state index contributed by atoms with van der Waals surface area (Å²) >= 11 is 0. The number of likely N-dealkylation sites (N-methyl/N-ethyl adjacent to an activating group) is 1. The molecule has 4 nitrogen and oxygen atoms in total. The number of ether oxygens (including phenoxy) is 1. The van der Waals surface area contributed by atoms with Gasteiger partial charge in [0.05, 0.1) is 6.61 Å². The van der Waals surface area contributed by atoms with Gasteiger partial charge in [0.15, 0.2) is 6.10 Å². The fourth-order valence-electron chi connectivity index (χ4n) is 3.18. The zero-order valence-corrected chi connectivity index (χ0v) is 12.0. The Morgan fingerprint density at radius 2 is 2.25 bits per heavy atom. The molecule has 1 saturated heterocycles. The Bertz CT molecular complexity index is 489. The molecule has 108 valence electrons. The normalized spacial score (nSPS) is 26.1. The van der Waals surface area contributed by atoms with Crippen LogP contribution in [-0.2, 0) is 16.0 Å². The minimum absolute atomic E-state index is 0.122. The van der Waals surface area contributed by atoms with Crippen LogP contribution in [0.3, 0.4) is 0 Å². The predicted molar refractivity (Wildman–Crippen MR) is 77.5 cm³/mol. The number of carbonyl (C=O) groups is 1. The van der Waals surface area contributed by atoms with E-state index in [9.17, 15) is 4.79 Å². The van der Waals surface area contributed by atoms with Gasteiger partial charge >= 0.3 is 0 Å². The van der Waals surface area contributed by atoms with E-state index in [-0.39, 0.29) is 5.91 Å². The maximum absolute atomic E-state index is 12.8. The van der Waals surface area contributed by atoms with Gasteiger partial charge in [0.1, 0.15) is 0 Å². The van der Waals surface area contributed by atoms with Crippen LogP contribution in [0, 0.1) is 0 Å². The van der Waals surface area contributed by atoms with Gasteiger partial charge in [-0.3, -0.25) is 4.79 Å². The highest BCUT2D eigenvalue weighted by Gasteiger charge is 2.32. The van der Waals surface area contributed by atoms with E-state index in [0.29, 0.717) is 12.6 Å². The number of likely N-dealkylation sites (tertiary alicyclic amines) is 1. The summed E-state index contributed by atoms with van der Waals surface area (Å²) < 4.78 is 5.78. The average Bonchev–Trinajstić information content (AvgIpc) is 2.53. The maximum atomic E-state index is 12.8. The van der Waals surface area contributed by atoms with Gasteiger partial charge in [-0.15, -0.1) is 0 Å². The third kappa shape index (κ3) is 2.58. The molecular formula is C16H22N2O2. The van der Waals surface area contributed by atoms with Crippen molar-refractivity contribution in [2.75, 3.05) is 26.7 Å². The van der Waals surface area contributed by atoms with Crippen LogP contribution in [0.15, 0.2) is 24.3 Å². The summed E-state index contributed by atoms with van der Waals surface area (Å²) in [5.41, 5.74) is 2.30. The van der Waals surface area contributed by atoms with E-state index in [2.05, 4.69) is 11.4 Å². The van der Waals surface area contributed by atoms with Gasteiger partial charge in [-0.05, 0) is 37.4 Å². The number of hydrogen-bond acceptors (Lipinski definition) is 3. The molecule has 0 radical (unpaired) electrons. The molecule has 0 unspecified atom stereocenters. The summed E-state index contributed by atoms with van der Waals surface area (Å²) in [7, 11) is 1.96. The standard InChI is InChI=1S/C16H22N2O2/c1-17-13-6-4-9-18(11-13)16(19)15-14-7-3-2-5-12(14)8-10-20-15/h2-3,5,7,13,15,17H,4,6,8-11H2,1H3/t13-,15-/m1/s1. The zero-order valence-electron chi connectivity index (χ0n) is 12.0. The van der Waals surface area contributed by atoms with E-state index < -0.39 is 6.10 Å². The molecule has 1 N–H and O–H groups in total. The van der Waals surface area contributed by atoms with Crippen LogP contribution in [0.5, 0.6) is 0 Å². The number of benzene rings is 1. The SMILES string of the molecule is CN[C@@H]1CCCN(C(=O)[C@@H]2OCCc3ccccc32)C1. The van der Waals surface area contributed by atoms with E-state index in [4.69, 9.17) is 4.74 Å². The first-order valence-electron chi connectivity index (χ1n) is 7.45. The largest absolute Gasteiger partial charge is 0.363 e. The third-order valence-electron chi connectivity index (χ3n) is 4.36. The van der Waals surface area contributed by atoms with E-state index in [1.165, 1.54) is 5.56 Å². The highest BCUT2D eigenvalue weighted by Crippen LogP contribution is 2.29. The zero-order chi connectivity index (χ0) is 13.9. The fourth-order valence-corrected chi connectivity index (χ4v) is 3.18. The Morgan fingerprint density at radius 3 is 3.10 bits per heavy atom. The molecule has 0 saturated carbocycles. The molecule has 0 spiro atoms. The van der Waals surface area contributed by atoms with Crippen molar-refractivity contribution in [1.29, 1.82) is 0 Å². The van der Waals surface area contributed by atoms with Gasteiger partial charge in [-0.25, -0.2) is 0 Å². The molecule has 0 aromatic heterocycles. The predicted octanol–water partition coefficient (Wildman–Crippen LogP) is 1.51. The molecule has 1 aromatic carbocycles. The van der Waals surface area contributed by atoms with Gasteiger partial charge in [-0.2, -0.15) is 0 Å². The lowest BCUT2D eigenvalue weighted by atomic mass is 9.96. The van der Waals surface area contributed by atoms with Crippen molar-refractivity contribution in [1.82, 2.24) is 10.2 Å². The number of carbonyl (C=O) groups excluding carboxylic acids is 1. The molecule has 20 heavy (non-hydrogen) atoms. The van der Waals surface area contributed by atoms with Gasteiger partial charge < -0.3 is 15.0 Å². The first-order valence-corrected chi connectivity index (χ1v) is 7.45. The number of fused-ring (bicyclic) bond motifs is 1. The summed E-state index contributed by atoms with van der Waals surface area (Å²) in [4.78, 5) is 14.7. The topological polar surface area (TPSA) is 41.6 Å². The summed E-state index contributed by atoms with van der Waals surface area (Å²) in [6.45, 7) is 2.27. The van der Waals surface area contributed by atoms with E-state index >= 15 is 0 Å². The van der Waals surface area contributed by atoms with E-state index in [1.807, 2.05) is 30.1 Å². The summed E-state index contributed by atoms with van der Waals surface area (Å²) in [5, 5.41) is 3.28. The summed E-state index contributed by atoms with van der Waals surface area (Å²) in [6, 6.07) is 8.55. The number of amides is 1. The average molecular weight is 274 g/mol. The number of nitrogens with one attached hydrogen (secondary N) is 1. The lowest BCUT2D eigenvalue weighted by Crippen LogP contribution is -2.49. The highest BCUT2D eigenvalue weighted by atomic mass is 16.5. The van der Waals surface area contributed by atoms with Gasteiger partial charge in [0.2, 0.25) is 0 Å². The van der Waals surface area contributed by atoms with Gasteiger partial charge in [0, 0.05) is 19.1 Å². The van der Waals surface area contributed by atoms with E-state index in [1.54, 1.807) is 0 Å². The molecule has 2 heterocycles. The lowest BCUT2D eigenvalue weighted by Gasteiger charge is -2.36. The number of hydrogen-bond donors (Lipinski definition) is 1. The summed E-state index contributed by atoms with van der Waals surface area (Å²) in [5.74, 6) is 0.122. The molecule has 1 fully saturated rings. The second-order valence-corrected chi connectivity index (χ2v) is 5.61. The molecular weight excluding hydrogens is 252 g/mol. The molecule has 2 aliphatic heterocycles. The third-order valence-corrected chi connectivity index (χ3v) is 4.36. The summed E-state index contributed by atoms with van der Waals surface area (Å²) in [6.07, 6.45) is 2.70. The molecule has 0 bridgehead atoms. The monoisotopic (exact) mass is 274 g/mol. The van der Waals surface area contributed by atoms with Crippen LogP contribution >= 0.6 is 0 Å². The molecule has 4 heteroatoms. The first-order chi connectivity index (χ1) is 9.79. The van der Waals surface area contributed by atoms with Crippen molar-refractivity contribution in [3.63, 3.8) is 0 Å². The van der Waals surface area contributed by atoms with Crippen molar-refractivity contribution in [3.05, 3.63) is 35.4 Å². The molecule has 1 aromatic rings. The minimum atomic E-state index is -0.407. The first kappa shape index (κ1) is 13.6. The number of rotatable bonds is 2. The second-order valence-electron chi connectivity index (χ2n) is 5.61. The van der Waals surface area contributed by atoms with Crippen molar-refractivity contribution < 1.29 is 9.53 Å². The highest BCUT2D eigenvalue weighted by molar-refractivity contribution is 5.83. The van der Waals surface area contributed by atoms with Crippen molar-refractivity contribution in [2.45, 2.75) is 31.4 Å². The lowest BCUT2D eigenvalue weighted by molar-refractivity contribution is -0.146. The van der Waals surface area contributed by atoms with Crippen LogP contribution in [0.1, 0.15) is 30.1 Å². The minimum Gasteiger partial charge on any atom is -0.363 e. The Kier molecular flexibility index (Phi) is 4.03. The Labute approximate surface area is 120 Å². The number of piperidine rings is 1. The Hall–Kier alpha value is -1.39. The van der Waals surface area contributed by atoms with Crippen LogP contribution in [0.4, 0.5) is 0 Å². The van der Waals surface area contributed by atoms with Gasteiger partial charge in [0.25, 0.3) is 5.91 Å². The van der Waals surface area contributed by atoms with E-state index in [0.717, 1.165) is 37.9 Å². The fraction of sp³-hybridized carbons (Fsp3) is 0.562. The number of nitrogens with zero attached hydrogens (tertiary/aromatic N) is 1. The van der Waals surface area contributed by atoms with Crippen LogP contribution in [-0.4, -0.2) is 43.6 Å². The van der Waals surface area contributed by atoms with Crippen LogP contribution in [0.2, 0.25) is 0 Å². The Morgan fingerprint density at radius 1 is 1.40 bits per heavy atom. The maximum Gasteiger partial charge on any atom is 0.256 e. The van der Waals surface area contributed by atoms with Gasteiger partial charge in [-0.1, -0.05) is 24.3 Å². The Balaban J connectivity index is 1.78. The smallest absolute Gasteiger partial charge is 0.256 e. The van der Waals surface area contributed by atoms with Crippen LogP contribution < -0.4 is 5.32 Å². The molecule has 3 rings (SSSR count). The molecule has 2 aliphatic rings. The molecule has 2 atom stereocenters. The van der Waals surface area contributed by atoms with Crippen molar-refractivity contribution in [2.24, 2.45) is 0 Å². The van der Waals surface area contributed by atoms with Crippen LogP contribution in [0.25, 0.3) is 0 Å². The quantitative estimate of drug-likeness (QED) is 0.889. The van der Waals surface area contributed by atoms with Crippen molar-refractivity contribution >= 4 is 5.91 Å². The molecule has 1 amide bonds. The molecule has 0 aliphatic carbocycles.